The molecule has 142 valence electrons. The molecular formula is C18H29FIN3O2. The van der Waals surface area contributed by atoms with Gasteiger partial charge in [0.25, 0.3) is 0 Å². The van der Waals surface area contributed by atoms with Gasteiger partial charge in [0, 0.05) is 39.7 Å². The van der Waals surface area contributed by atoms with Crippen molar-refractivity contribution < 1.29 is 13.9 Å². The number of aryl methyl sites for hydroxylation is 1. The normalized spacial score (nSPS) is 17.5. The maximum atomic E-state index is 13.6. The Hall–Kier alpha value is -0.930. The van der Waals surface area contributed by atoms with Crippen molar-refractivity contribution in [2.45, 2.75) is 19.9 Å². The summed E-state index contributed by atoms with van der Waals surface area (Å²) in [5, 5.41) is 3.32. The van der Waals surface area contributed by atoms with E-state index in [-0.39, 0.29) is 29.8 Å². The molecular weight excluding hydrogens is 436 g/mol. The Balaban J connectivity index is 0.00000312. The summed E-state index contributed by atoms with van der Waals surface area (Å²) in [5.74, 6) is 1.20. The first kappa shape index (κ1) is 22.1. The van der Waals surface area contributed by atoms with Gasteiger partial charge in [0.15, 0.2) is 5.96 Å². The van der Waals surface area contributed by atoms with Crippen LogP contribution in [0.4, 0.5) is 4.39 Å². The van der Waals surface area contributed by atoms with Gasteiger partial charge in [0.1, 0.15) is 5.82 Å². The Morgan fingerprint density at radius 1 is 1.40 bits per heavy atom. The van der Waals surface area contributed by atoms with Crippen LogP contribution in [-0.2, 0) is 16.0 Å². The topological polar surface area (TPSA) is 46.1 Å². The van der Waals surface area contributed by atoms with Crippen LogP contribution < -0.4 is 5.32 Å². The second-order valence-electron chi connectivity index (χ2n) is 6.15. The fourth-order valence-corrected chi connectivity index (χ4v) is 2.81. The minimum atomic E-state index is -0.168. The second-order valence-corrected chi connectivity index (χ2v) is 6.15. The number of likely N-dealkylation sites (tertiary alicyclic amines) is 1. The van der Waals surface area contributed by atoms with Crippen LogP contribution in [0.3, 0.4) is 0 Å². The average Bonchev–Trinajstić information content (AvgIpc) is 3.04. The van der Waals surface area contributed by atoms with Gasteiger partial charge in [-0.15, -0.1) is 24.0 Å². The summed E-state index contributed by atoms with van der Waals surface area (Å²) in [6, 6.07) is 5.32. The minimum Gasteiger partial charge on any atom is -0.382 e. The van der Waals surface area contributed by atoms with E-state index in [9.17, 15) is 4.39 Å². The highest BCUT2D eigenvalue weighted by Gasteiger charge is 2.24. The number of guanidine groups is 1. The van der Waals surface area contributed by atoms with Crippen LogP contribution in [0, 0.1) is 18.7 Å². The highest BCUT2D eigenvalue weighted by molar-refractivity contribution is 14.0. The highest BCUT2D eigenvalue weighted by atomic mass is 127. The molecule has 0 bridgehead atoms. The molecule has 7 heteroatoms. The summed E-state index contributed by atoms with van der Waals surface area (Å²) in [7, 11) is 3.46. The fraction of sp³-hybridized carbons (Fsp3) is 0.611. The summed E-state index contributed by atoms with van der Waals surface area (Å²) in [6.45, 7) is 6.24. The molecule has 0 spiro atoms. The van der Waals surface area contributed by atoms with Crippen molar-refractivity contribution in [1.82, 2.24) is 10.2 Å². The van der Waals surface area contributed by atoms with Crippen LogP contribution >= 0.6 is 24.0 Å². The van der Waals surface area contributed by atoms with Crippen LogP contribution in [0.2, 0.25) is 0 Å². The number of hydrogen-bond donors (Lipinski definition) is 1. The average molecular weight is 465 g/mol. The highest BCUT2D eigenvalue weighted by Crippen LogP contribution is 2.17. The maximum Gasteiger partial charge on any atom is 0.193 e. The molecule has 25 heavy (non-hydrogen) atoms. The molecule has 1 fully saturated rings. The molecule has 0 aromatic heterocycles. The van der Waals surface area contributed by atoms with Crippen LogP contribution in [0.15, 0.2) is 23.2 Å². The summed E-state index contributed by atoms with van der Waals surface area (Å²) >= 11 is 0. The lowest BCUT2D eigenvalue weighted by Crippen LogP contribution is -2.39. The smallest absolute Gasteiger partial charge is 0.193 e. The van der Waals surface area contributed by atoms with Crippen LogP contribution in [-0.4, -0.2) is 57.9 Å². The van der Waals surface area contributed by atoms with E-state index in [1.54, 1.807) is 33.2 Å². The van der Waals surface area contributed by atoms with Crippen molar-refractivity contribution in [3.8, 4) is 0 Å². The molecule has 5 nitrogen and oxygen atoms in total. The van der Waals surface area contributed by atoms with Gasteiger partial charge in [-0.2, -0.15) is 0 Å². The predicted molar refractivity (Wildman–Crippen MR) is 109 cm³/mol. The first-order valence-electron chi connectivity index (χ1n) is 8.41. The monoisotopic (exact) mass is 465 g/mol. The van der Waals surface area contributed by atoms with E-state index in [4.69, 9.17) is 9.47 Å². The van der Waals surface area contributed by atoms with Crippen molar-refractivity contribution in [3.05, 3.63) is 35.1 Å². The minimum absolute atomic E-state index is 0. The van der Waals surface area contributed by atoms with Gasteiger partial charge in [0.05, 0.1) is 19.8 Å². The molecule has 0 amide bonds. The molecule has 1 aliphatic heterocycles. The quantitative estimate of drug-likeness (QED) is 0.291. The third-order valence-corrected chi connectivity index (χ3v) is 4.27. The van der Waals surface area contributed by atoms with Gasteiger partial charge in [-0.1, -0.05) is 12.1 Å². The molecule has 1 saturated heterocycles. The predicted octanol–water partition coefficient (Wildman–Crippen LogP) is 2.81. The first-order chi connectivity index (χ1) is 11.6. The molecule has 1 N–H and O–H groups in total. The van der Waals surface area contributed by atoms with Gasteiger partial charge in [-0.05, 0) is 30.5 Å². The molecule has 1 aromatic carbocycles. The number of halogens is 2. The number of ether oxygens (including phenoxy) is 2. The summed E-state index contributed by atoms with van der Waals surface area (Å²) < 4.78 is 24.2. The van der Waals surface area contributed by atoms with E-state index in [0.717, 1.165) is 37.6 Å². The van der Waals surface area contributed by atoms with E-state index < -0.39 is 0 Å². The van der Waals surface area contributed by atoms with E-state index in [1.165, 1.54) is 0 Å². The fourth-order valence-electron chi connectivity index (χ4n) is 2.81. The van der Waals surface area contributed by atoms with Gasteiger partial charge < -0.3 is 19.7 Å². The van der Waals surface area contributed by atoms with E-state index in [2.05, 4.69) is 15.2 Å². The number of methoxy groups -OCH3 is 1. The zero-order chi connectivity index (χ0) is 17.4. The lowest BCUT2D eigenvalue weighted by Gasteiger charge is -2.22. The van der Waals surface area contributed by atoms with Gasteiger partial charge in [-0.25, -0.2) is 4.39 Å². The number of rotatable bonds is 7. The zero-order valence-electron chi connectivity index (χ0n) is 15.3. The Morgan fingerprint density at radius 3 is 2.88 bits per heavy atom. The molecule has 1 atom stereocenters. The number of nitrogens with one attached hydrogen (secondary N) is 1. The van der Waals surface area contributed by atoms with Gasteiger partial charge >= 0.3 is 0 Å². The standard InChI is InChI=1S/C18H28FN3O2.HI/c1-14-4-5-15(10-17(14)19)11-21-18(20-2)22-7-6-16(12-22)13-24-9-8-23-3;/h4-5,10,16H,6-9,11-13H2,1-3H3,(H,20,21);1H. The summed E-state index contributed by atoms with van der Waals surface area (Å²) in [5.41, 5.74) is 1.58. The van der Waals surface area contributed by atoms with Crippen molar-refractivity contribution in [2.24, 2.45) is 10.9 Å². The number of benzene rings is 1. The van der Waals surface area contributed by atoms with Crippen LogP contribution in [0.1, 0.15) is 17.5 Å². The van der Waals surface area contributed by atoms with Crippen molar-refractivity contribution in [3.63, 3.8) is 0 Å². The van der Waals surface area contributed by atoms with E-state index >= 15 is 0 Å². The third-order valence-electron chi connectivity index (χ3n) is 4.27. The molecule has 0 saturated carbocycles. The zero-order valence-corrected chi connectivity index (χ0v) is 17.6. The molecule has 0 aliphatic carbocycles. The van der Waals surface area contributed by atoms with Gasteiger partial charge in [0.2, 0.25) is 0 Å². The molecule has 1 aromatic rings. The molecule has 0 radical (unpaired) electrons. The number of aliphatic imine (C=N–C) groups is 1. The van der Waals surface area contributed by atoms with E-state index in [0.29, 0.717) is 31.2 Å². The van der Waals surface area contributed by atoms with Crippen molar-refractivity contribution in [1.29, 1.82) is 0 Å². The molecule has 1 aliphatic rings. The summed E-state index contributed by atoms with van der Waals surface area (Å²) in [6.07, 6.45) is 1.09. The Labute approximate surface area is 167 Å². The molecule has 2 rings (SSSR count). The number of nitrogens with zero attached hydrogens (tertiary/aromatic N) is 2. The Morgan fingerprint density at radius 2 is 2.20 bits per heavy atom. The van der Waals surface area contributed by atoms with E-state index in [1.807, 2.05) is 6.07 Å². The first-order valence-corrected chi connectivity index (χ1v) is 8.41. The number of hydrogen-bond acceptors (Lipinski definition) is 3. The summed E-state index contributed by atoms with van der Waals surface area (Å²) in [4.78, 5) is 6.58. The second kappa shape index (κ2) is 11.6. The Bertz CT molecular complexity index is 557. The third kappa shape index (κ3) is 7.07. The maximum absolute atomic E-state index is 13.6. The lowest BCUT2D eigenvalue weighted by atomic mass is 10.1. The van der Waals surface area contributed by atoms with Crippen molar-refractivity contribution in [2.75, 3.05) is 47.1 Å². The lowest BCUT2D eigenvalue weighted by molar-refractivity contribution is 0.0536. The largest absolute Gasteiger partial charge is 0.382 e. The Kier molecular flexibility index (Phi) is 10.3. The molecule has 1 heterocycles. The molecule has 1 unspecified atom stereocenters. The van der Waals surface area contributed by atoms with Crippen LogP contribution in [0.25, 0.3) is 0 Å². The van der Waals surface area contributed by atoms with Crippen LogP contribution in [0.5, 0.6) is 0 Å². The SMILES string of the molecule is CN=C(NCc1ccc(C)c(F)c1)N1CCC(COCCOC)C1.I. The van der Waals surface area contributed by atoms with Crippen molar-refractivity contribution >= 4 is 29.9 Å². The van der Waals surface area contributed by atoms with Gasteiger partial charge in [-0.3, -0.25) is 4.99 Å².